The SMILES string of the molecule is COC(=O)C(C)=CCN1CCC(N(C)C)CC1. The van der Waals surface area contributed by atoms with Gasteiger partial charge in [0.25, 0.3) is 0 Å². The van der Waals surface area contributed by atoms with Gasteiger partial charge in [0.15, 0.2) is 0 Å². The second-order valence-corrected chi connectivity index (χ2v) is 4.87. The Labute approximate surface area is 104 Å². The molecule has 1 saturated heterocycles. The average Bonchev–Trinajstić information content (AvgIpc) is 2.35. The third kappa shape index (κ3) is 4.48. The lowest BCUT2D eigenvalue weighted by molar-refractivity contribution is -0.136. The van der Waals surface area contributed by atoms with Crippen molar-refractivity contribution in [3.05, 3.63) is 11.6 Å². The van der Waals surface area contributed by atoms with E-state index in [0.29, 0.717) is 11.6 Å². The van der Waals surface area contributed by atoms with E-state index in [1.807, 2.05) is 6.08 Å². The number of nitrogens with zero attached hydrogens (tertiary/aromatic N) is 2. The minimum absolute atomic E-state index is 0.229. The second kappa shape index (κ2) is 6.77. The van der Waals surface area contributed by atoms with E-state index in [-0.39, 0.29) is 5.97 Å². The standard InChI is InChI=1S/C13H24N2O2/c1-11(13(16)17-4)5-8-15-9-6-12(7-10-15)14(2)3/h5,12H,6-10H2,1-4H3. The van der Waals surface area contributed by atoms with E-state index in [9.17, 15) is 4.79 Å². The highest BCUT2D eigenvalue weighted by Gasteiger charge is 2.19. The third-order valence-electron chi connectivity index (χ3n) is 3.45. The fourth-order valence-electron chi connectivity index (χ4n) is 2.13. The van der Waals surface area contributed by atoms with Gasteiger partial charge in [-0.3, -0.25) is 4.90 Å². The maximum Gasteiger partial charge on any atom is 0.333 e. The van der Waals surface area contributed by atoms with E-state index in [4.69, 9.17) is 0 Å². The Morgan fingerprint density at radius 2 is 2.00 bits per heavy atom. The van der Waals surface area contributed by atoms with Crippen LogP contribution < -0.4 is 0 Å². The molecule has 0 amide bonds. The lowest BCUT2D eigenvalue weighted by atomic mass is 10.0. The van der Waals surface area contributed by atoms with E-state index in [1.165, 1.54) is 20.0 Å². The Morgan fingerprint density at radius 1 is 1.41 bits per heavy atom. The largest absolute Gasteiger partial charge is 0.466 e. The number of likely N-dealkylation sites (tertiary alicyclic amines) is 1. The molecule has 1 aliphatic heterocycles. The van der Waals surface area contributed by atoms with Crippen molar-refractivity contribution in [2.45, 2.75) is 25.8 Å². The number of piperidine rings is 1. The van der Waals surface area contributed by atoms with Gasteiger partial charge in [-0.15, -0.1) is 0 Å². The fourth-order valence-corrected chi connectivity index (χ4v) is 2.13. The molecule has 98 valence electrons. The first-order valence-corrected chi connectivity index (χ1v) is 6.18. The van der Waals surface area contributed by atoms with Crippen LogP contribution in [0.2, 0.25) is 0 Å². The van der Waals surface area contributed by atoms with Crippen LogP contribution in [0.5, 0.6) is 0 Å². The Hall–Kier alpha value is -0.870. The maximum atomic E-state index is 11.2. The Morgan fingerprint density at radius 3 is 2.47 bits per heavy atom. The molecule has 0 N–H and O–H groups in total. The van der Waals surface area contributed by atoms with Crippen molar-refractivity contribution in [2.24, 2.45) is 0 Å². The van der Waals surface area contributed by atoms with Crippen molar-refractivity contribution in [1.29, 1.82) is 0 Å². The normalized spacial score (nSPS) is 19.7. The Bertz CT molecular complexity index is 279. The van der Waals surface area contributed by atoms with Crippen LogP contribution in [0.1, 0.15) is 19.8 Å². The Balaban J connectivity index is 2.34. The monoisotopic (exact) mass is 240 g/mol. The van der Waals surface area contributed by atoms with Gasteiger partial charge in [0.1, 0.15) is 0 Å². The number of carbonyl (C=O) groups is 1. The molecular formula is C13H24N2O2. The summed E-state index contributed by atoms with van der Waals surface area (Å²) in [5, 5.41) is 0. The molecule has 0 bridgehead atoms. The molecule has 1 aliphatic rings. The minimum atomic E-state index is -0.229. The molecule has 4 heteroatoms. The summed E-state index contributed by atoms with van der Waals surface area (Å²) in [5.41, 5.74) is 0.697. The third-order valence-corrected chi connectivity index (χ3v) is 3.45. The summed E-state index contributed by atoms with van der Waals surface area (Å²) in [6, 6.07) is 0.705. The van der Waals surface area contributed by atoms with E-state index < -0.39 is 0 Å². The predicted molar refractivity (Wildman–Crippen MR) is 68.9 cm³/mol. The van der Waals surface area contributed by atoms with Crippen LogP contribution in [0.3, 0.4) is 0 Å². The molecule has 0 saturated carbocycles. The smallest absolute Gasteiger partial charge is 0.333 e. The van der Waals surface area contributed by atoms with Gasteiger partial charge >= 0.3 is 5.97 Å². The zero-order valence-electron chi connectivity index (χ0n) is 11.4. The molecule has 1 heterocycles. The number of hydrogen-bond donors (Lipinski definition) is 0. The number of rotatable bonds is 4. The van der Waals surface area contributed by atoms with Crippen LogP contribution in [0.15, 0.2) is 11.6 Å². The summed E-state index contributed by atoms with van der Waals surface area (Å²) < 4.78 is 4.67. The molecular weight excluding hydrogens is 216 g/mol. The molecule has 0 radical (unpaired) electrons. The van der Waals surface area contributed by atoms with Gasteiger partial charge in [0, 0.05) is 18.2 Å². The van der Waals surface area contributed by atoms with Crippen molar-refractivity contribution in [2.75, 3.05) is 40.8 Å². The highest BCUT2D eigenvalue weighted by atomic mass is 16.5. The second-order valence-electron chi connectivity index (χ2n) is 4.87. The predicted octanol–water partition coefficient (Wildman–Crippen LogP) is 1.13. The van der Waals surface area contributed by atoms with Gasteiger partial charge in [-0.1, -0.05) is 6.08 Å². The first kappa shape index (κ1) is 14.2. The Kier molecular flexibility index (Phi) is 5.65. The molecule has 0 unspecified atom stereocenters. The fraction of sp³-hybridized carbons (Fsp3) is 0.769. The van der Waals surface area contributed by atoms with E-state index in [0.717, 1.165) is 19.6 Å². The molecule has 17 heavy (non-hydrogen) atoms. The van der Waals surface area contributed by atoms with E-state index >= 15 is 0 Å². The summed E-state index contributed by atoms with van der Waals surface area (Å²) in [5.74, 6) is -0.229. The van der Waals surface area contributed by atoms with Gasteiger partial charge in [-0.25, -0.2) is 4.79 Å². The van der Waals surface area contributed by atoms with Gasteiger partial charge in [0.2, 0.25) is 0 Å². The molecule has 0 spiro atoms. The summed E-state index contributed by atoms with van der Waals surface area (Å²) in [7, 11) is 5.70. The number of esters is 1. The van der Waals surface area contributed by atoms with Crippen molar-refractivity contribution >= 4 is 5.97 Å². The molecule has 0 aromatic rings. The van der Waals surface area contributed by atoms with Crippen LogP contribution in [0.25, 0.3) is 0 Å². The summed E-state index contributed by atoms with van der Waals surface area (Å²) in [6.07, 6.45) is 4.37. The topological polar surface area (TPSA) is 32.8 Å². The van der Waals surface area contributed by atoms with Crippen molar-refractivity contribution < 1.29 is 9.53 Å². The first-order valence-electron chi connectivity index (χ1n) is 6.18. The van der Waals surface area contributed by atoms with Gasteiger partial charge in [0.05, 0.1) is 7.11 Å². The van der Waals surface area contributed by atoms with Crippen LogP contribution in [0, 0.1) is 0 Å². The maximum absolute atomic E-state index is 11.2. The number of methoxy groups -OCH3 is 1. The number of hydrogen-bond acceptors (Lipinski definition) is 4. The average molecular weight is 240 g/mol. The molecule has 1 fully saturated rings. The number of ether oxygens (including phenoxy) is 1. The van der Waals surface area contributed by atoms with E-state index in [1.54, 1.807) is 6.92 Å². The van der Waals surface area contributed by atoms with Crippen LogP contribution >= 0.6 is 0 Å². The zero-order chi connectivity index (χ0) is 12.8. The zero-order valence-corrected chi connectivity index (χ0v) is 11.4. The molecule has 1 rings (SSSR count). The molecule has 0 aromatic heterocycles. The molecule has 4 nitrogen and oxygen atoms in total. The molecule has 0 aromatic carbocycles. The van der Waals surface area contributed by atoms with Gasteiger partial charge in [-0.2, -0.15) is 0 Å². The highest BCUT2D eigenvalue weighted by molar-refractivity contribution is 5.87. The van der Waals surface area contributed by atoms with Crippen molar-refractivity contribution in [3.63, 3.8) is 0 Å². The highest BCUT2D eigenvalue weighted by Crippen LogP contribution is 2.14. The quantitative estimate of drug-likeness (QED) is 0.545. The van der Waals surface area contributed by atoms with Crippen LogP contribution in [0.4, 0.5) is 0 Å². The van der Waals surface area contributed by atoms with E-state index in [2.05, 4.69) is 28.6 Å². The van der Waals surface area contributed by atoms with Crippen molar-refractivity contribution in [3.8, 4) is 0 Å². The number of carbonyl (C=O) groups excluding carboxylic acids is 1. The van der Waals surface area contributed by atoms with Crippen LogP contribution in [-0.4, -0.2) is 62.7 Å². The first-order chi connectivity index (χ1) is 8.04. The molecule has 0 aliphatic carbocycles. The van der Waals surface area contributed by atoms with Gasteiger partial charge < -0.3 is 9.64 Å². The lowest BCUT2D eigenvalue weighted by Gasteiger charge is -2.34. The van der Waals surface area contributed by atoms with Crippen molar-refractivity contribution in [1.82, 2.24) is 9.80 Å². The van der Waals surface area contributed by atoms with Crippen LogP contribution in [-0.2, 0) is 9.53 Å². The molecule has 0 atom stereocenters. The summed E-state index contributed by atoms with van der Waals surface area (Å²) in [6.45, 7) is 4.86. The summed E-state index contributed by atoms with van der Waals surface area (Å²) in [4.78, 5) is 15.9. The lowest BCUT2D eigenvalue weighted by Crippen LogP contribution is -2.41. The van der Waals surface area contributed by atoms with Gasteiger partial charge in [-0.05, 0) is 47.0 Å². The minimum Gasteiger partial charge on any atom is -0.466 e. The summed E-state index contributed by atoms with van der Waals surface area (Å²) >= 11 is 0.